The van der Waals surface area contributed by atoms with E-state index in [2.05, 4.69) is 16.0 Å². The zero-order valence-corrected chi connectivity index (χ0v) is 16.1. The molecule has 7 heteroatoms. The third-order valence-electron chi connectivity index (χ3n) is 5.89. The highest BCUT2D eigenvalue weighted by atomic mass is 19.3. The molecule has 2 aromatic carbocycles. The molecular formula is C22H22F3N3O. The number of aryl methyl sites for hydroxylation is 1. The van der Waals surface area contributed by atoms with Gasteiger partial charge in [0, 0.05) is 33.1 Å². The maximum absolute atomic E-state index is 14.0. The van der Waals surface area contributed by atoms with Crippen LogP contribution in [-0.4, -0.2) is 40.1 Å². The molecule has 2 fully saturated rings. The molecule has 0 spiro atoms. The summed E-state index contributed by atoms with van der Waals surface area (Å²) in [6.45, 7) is 2.46. The van der Waals surface area contributed by atoms with Crippen molar-refractivity contribution in [3.05, 3.63) is 65.2 Å². The Hall–Kier alpha value is -2.38. The summed E-state index contributed by atoms with van der Waals surface area (Å²) >= 11 is 0. The average molecular weight is 401 g/mol. The fraction of sp³-hybridized carbons (Fsp3) is 0.409. The Balaban J connectivity index is 1.33. The second kappa shape index (κ2) is 6.85. The van der Waals surface area contributed by atoms with Gasteiger partial charge >= 0.3 is 0 Å². The van der Waals surface area contributed by atoms with Gasteiger partial charge in [0.15, 0.2) is 0 Å². The van der Waals surface area contributed by atoms with Crippen LogP contribution >= 0.6 is 0 Å². The van der Waals surface area contributed by atoms with Gasteiger partial charge in [-0.15, -0.1) is 0 Å². The van der Waals surface area contributed by atoms with Gasteiger partial charge in [-0.2, -0.15) is 0 Å². The Morgan fingerprint density at radius 2 is 2.00 bits per heavy atom. The van der Waals surface area contributed by atoms with Crippen LogP contribution in [0.2, 0.25) is 0 Å². The minimum absolute atomic E-state index is 0.0937. The number of morpholine rings is 1. The molecule has 0 bridgehead atoms. The van der Waals surface area contributed by atoms with Crippen LogP contribution in [0.1, 0.15) is 35.1 Å². The predicted molar refractivity (Wildman–Crippen MR) is 103 cm³/mol. The number of fused-ring (bicyclic) bond motifs is 1. The number of hydrogen-bond acceptors (Lipinski definition) is 3. The van der Waals surface area contributed by atoms with E-state index in [0.717, 1.165) is 28.7 Å². The van der Waals surface area contributed by atoms with E-state index < -0.39 is 17.7 Å². The number of ether oxygens (including phenoxy) is 1. The number of nitrogens with zero attached hydrogens (tertiary/aromatic N) is 3. The summed E-state index contributed by atoms with van der Waals surface area (Å²) in [5.74, 6) is -3.99. The Labute approximate surface area is 166 Å². The fourth-order valence-electron chi connectivity index (χ4n) is 4.19. The van der Waals surface area contributed by atoms with Crippen molar-refractivity contribution in [2.45, 2.75) is 30.9 Å². The normalized spacial score (nSPS) is 24.1. The summed E-state index contributed by atoms with van der Waals surface area (Å²) in [5, 5.41) is 0. The van der Waals surface area contributed by atoms with E-state index in [4.69, 9.17) is 4.74 Å². The predicted octanol–water partition coefficient (Wildman–Crippen LogP) is 4.41. The lowest BCUT2D eigenvalue weighted by Gasteiger charge is -2.33. The van der Waals surface area contributed by atoms with E-state index in [1.807, 2.05) is 23.7 Å². The van der Waals surface area contributed by atoms with Crippen LogP contribution in [0.3, 0.4) is 0 Å². The van der Waals surface area contributed by atoms with E-state index in [0.29, 0.717) is 25.3 Å². The topological polar surface area (TPSA) is 30.3 Å². The van der Waals surface area contributed by atoms with Crippen molar-refractivity contribution in [1.29, 1.82) is 0 Å². The van der Waals surface area contributed by atoms with E-state index in [1.54, 1.807) is 12.4 Å². The van der Waals surface area contributed by atoms with E-state index in [-0.39, 0.29) is 12.5 Å². The zero-order chi connectivity index (χ0) is 20.2. The Kier molecular flexibility index (Phi) is 4.40. The van der Waals surface area contributed by atoms with Crippen LogP contribution in [0.4, 0.5) is 13.2 Å². The molecule has 152 valence electrons. The summed E-state index contributed by atoms with van der Waals surface area (Å²) in [7, 11) is 1.96. The molecule has 29 heavy (non-hydrogen) atoms. The van der Waals surface area contributed by atoms with Crippen LogP contribution in [0.5, 0.6) is 0 Å². The van der Waals surface area contributed by atoms with Crippen molar-refractivity contribution in [2.75, 3.05) is 19.7 Å². The smallest absolute Gasteiger partial charge is 0.255 e. The molecule has 2 atom stereocenters. The molecule has 3 aromatic rings. The third kappa shape index (κ3) is 3.65. The summed E-state index contributed by atoms with van der Waals surface area (Å²) in [6.07, 6.45) is 1.50. The Morgan fingerprint density at radius 3 is 2.79 bits per heavy atom. The van der Waals surface area contributed by atoms with Gasteiger partial charge in [0.05, 0.1) is 36.0 Å². The average Bonchev–Trinajstić information content (AvgIpc) is 3.18. The lowest BCUT2D eigenvalue weighted by Crippen LogP contribution is -2.37. The number of hydrogen-bond donors (Lipinski definition) is 0. The van der Waals surface area contributed by atoms with Crippen LogP contribution in [0.25, 0.3) is 11.0 Å². The molecule has 4 nitrogen and oxygen atoms in total. The van der Waals surface area contributed by atoms with Crippen molar-refractivity contribution in [3.63, 3.8) is 0 Å². The second-order valence-corrected chi connectivity index (χ2v) is 8.11. The molecule has 1 aromatic heterocycles. The van der Waals surface area contributed by atoms with Crippen LogP contribution in [0.15, 0.2) is 42.7 Å². The zero-order valence-electron chi connectivity index (χ0n) is 16.1. The standard InChI is InChI=1S/C22H22F3N3O/c1-27-13-26-19-3-2-15(9-20(19)27)21-12-28(4-5-29-21)11-14-6-16(8-17(23)7-14)18-10-22(18,24)25/h2-3,6-9,13,18,21H,4-5,10-12H2,1H3. The van der Waals surface area contributed by atoms with Gasteiger partial charge in [-0.1, -0.05) is 12.1 Å². The maximum atomic E-state index is 14.0. The molecule has 0 N–H and O–H groups in total. The quantitative estimate of drug-likeness (QED) is 0.649. The summed E-state index contributed by atoms with van der Waals surface area (Å²) in [6, 6.07) is 10.5. The number of rotatable bonds is 4. The van der Waals surface area contributed by atoms with Gasteiger partial charge in [0.2, 0.25) is 0 Å². The Bertz CT molecular complexity index is 1060. The van der Waals surface area contributed by atoms with Gasteiger partial charge in [0.1, 0.15) is 5.82 Å². The van der Waals surface area contributed by atoms with Crippen LogP contribution < -0.4 is 0 Å². The summed E-state index contributed by atoms with van der Waals surface area (Å²) < 4.78 is 48.8. The van der Waals surface area contributed by atoms with Crippen molar-refractivity contribution in [1.82, 2.24) is 14.5 Å². The molecule has 2 unspecified atom stereocenters. The van der Waals surface area contributed by atoms with Gasteiger partial charge < -0.3 is 9.30 Å². The molecule has 2 aliphatic rings. The van der Waals surface area contributed by atoms with E-state index >= 15 is 0 Å². The first-order valence-electron chi connectivity index (χ1n) is 9.81. The monoisotopic (exact) mass is 401 g/mol. The van der Waals surface area contributed by atoms with Gasteiger partial charge in [0.25, 0.3) is 5.92 Å². The number of alkyl halides is 2. The molecule has 0 radical (unpaired) electrons. The van der Waals surface area contributed by atoms with E-state index in [1.165, 1.54) is 12.1 Å². The number of aromatic nitrogens is 2. The third-order valence-corrected chi connectivity index (χ3v) is 5.89. The first kappa shape index (κ1) is 18.6. The largest absolute Gasteiger partial charge is 0.371 e. The molecule has 5 rings (SSSR count). The van der Waals surface area contributed by atoms with E-state index in [9.17, 15) is 13.2 Å². The molecule has 2 heterocycles. The van der Waals surface area contributed by atoms with Crippen molar-refractivity contribution >= 4 is 11.0 Å². The number of imidazole rings is 1. The van der Waals surface area contributed by atoms with Crippen LogP contribution in [0, 0.1) is 5.82 Å². The van der Waals surface area contributed by atoms with Crippen molar-refractivity contribution in [3.8, 4) is 0 Å². The minimum Gasteiger partial charge on any atom is -0.371 e. The summed E-state index contributed by atoms with van der Waals surface area (Å²) in [5.41, 5.74) is 4.18. The fourth-order valence-corrected chi connectivity index (χ4v) is 4.19. The lowest BCUT2D eigenvalue weighted by molar-refractivity contribution is -0.0329. The molecule has 1 aliphatic heterocycles. The number of benzene rings is 2. The van der Waals surface area contributed by atoms with Crippen molar-refractivity contribution in [2.24, 2.45) is 7.05 Å². The second-order valence-electron chi connectivity index (χ2n) is 8.11. The van der Waals surface area contributed by atoms with Crippen LogP contribution in [-0.2, 0) is 18.3 Å². The molecule has 1 saturated carbocycles. The summed E-state index contributed by atoms with van der Waals surface area (Å²) in [4.78, 5) is 6.53. The lowest BCUT2D eigenvalue weighted by atomic mass is 10.0. The molecule has 1 aliphatic carbocycles. The first-order valence-corrected chi connectivity index (χ1v) is 9.81. The highest BCUT2D eigenvalue weighted by Crippen LogP contribution is 2.55. The van der Waals surface area contributed by atoms with Gasteiger partial charge in [-0.3, -0.25) is 4.90 Å². The highest BCUT2D eigenvalue weighted by Gasteiger charge is 2.57. The highest BCUT2D eigenvalue weighted by molar-refractivity contribution is 5.76. The van der Waals surface area contributed by atoms with Crippen molar-refractivity contribution < 1.29 is 17.9 Å². The molecule has 1 saturated heterocycles. The first-order chi connectivity index (χ1) is 13.9. The SMILES string of the molecule is Cn1cnc2ccc(C3CN(Cc4cc(F)cc(C5CC5(F)F)c4)CCO3)cc21. The molecule has 0 amide bonds. The number of halogens is 3. The molecular weight excluding hydrogens is 379 g/mol. The minimum atomic E-state index is -2.69. The Morgan fingerprint density at radius 1 is 1.17 bits per heavy atom. The van der Waals surface area contributed by atoms with Gasteiger partial charge in [-0.25, -0.2) is 18.2 Å². The maximum Gasteiger partial charge on any atom is 0.255 e. The van der Waals surface area contributed by atoms with Gasteiger partial charge in [-0.05, 0) is 41.0 Å².